The zero-order valence-electron chi connectivity index (χ0n) is 10.7. The summed E-state index contributed by atoms with van der Waals surface area (Å²) >= 11 is 0. The van der Waals surface area contributed by atoms with Crippen LogP contribution in [0.2, 0.25) is 0 Å². The van der Waals surface area contributed by atoms with Gasteiger partial charge in [-0.15, -0.1) is 12.3 Å². The third-order valence-electron chi connectivity index (χ3n) is 2.56. The topological polar surface area (TPSA) is 46.3 Å². The first-order valence-electron chi connectivity index (χ1n) is 6.04. The minimum absolute atomic E-state index is 0.0240. The summed E-state index contributed by atoms with van der Waals surface area (Å²) in [6, 6.07) is -0.359. The third-order valence-corrected chi connectivity index (χ3v) is 2.56. The molecule has 1 unspecified atom stereocenters. The number of carbonyl (C=O) groups excluding carboxylic acids is 1. The van der Waals surface area contributed by atoms with E-state index in [1.54, 1.807) is 0 Å². The number of nitrogens with two attached hydrogens (primary N) is 1. The number of amides is 1. The monoisotopic (exact) mass is 224 g/mol. The van der Waals surface area contributed by atoms with Crippen LogP contribution in [0, 0.1) is 12.3 Å². The van der Waals surface area contributed by atoms with Crippen LogP contribution in [0.1, 0.15) is 46.5 Å². The molecule has 1 atom stereocenters. The summed E-state index contributed by atoms with van der Waals surface area (Å²) in [4.78, 5) is 13.8. The Labute approximate surface area is 99.4 Å². The van der Waals surface area contributed by atoms with Gasteiger partial charge in [0.2, 0.25) is 5.91 Å². The van der Waals surface area contributed by atoms with E-state index in [0.29, 0.717) is 6.42 Å². The lowest BCUT2D eigenvalue weighted by Gasteiger charge is -2.29. The molecule has 3 heteroatoms. The van der Waals surface area contributed by atoms with E-state index < -0.39 is 6.04 Å². The van der Waals surface area contributed by atoms with Gasteiger partial charge in [-0.1, -0.05) is 19.8 Å². The maximum atomic E-state index is 12.0. The number of hydrogen-bond donors (Lipinski definition) is 1. The summed E-state index contributed by atoms with van der Waals surface area (Å²) < 4.78 is 0. The number of hydrogen-bond acceptors (Lipinski definition) is 2. The third kappa shape index (κ3) is 5.18. The van der Waals surface area contributed by atoms with Crippen molar-refractivity contribution < 1.29 is 4.79 Å². The summed E-state index contributed by atoms with van der Waals surface area (Å²) in [6.07, 6.45) is 8.80. The highest BCUT2D eigenvalue weighted by Crippen LogP contribution is 2.06. The van der Waals surface area contributed by atoms with Gasteiger partial charge >= 0.3 is 0 Å². The Kier molecular flexibility index (Phi) is 7.66. The van der Waals surface area contributed by atoms with Crippen LogP contribution in [0.4, 0.5) is 0 Å². The largest absolute Gasteiger partial charge is 0.339 e. The molecule has 0 aromatic carbocycles. The summed E-state index contributed by atoms with van der Waals surface area (Å²) in [7, 11) is 0. The van der Waals surface area contributed by atoms with Crippen LogP contribution < -0.4 is 5.73 Å². The first kappa shape index (κ1) is 15.0. The highest BCUT2D eigenvalue weighted by atomic mass is 16.2. The van der Waals surface area contributed by atoms with E-state index in [9.17, 15) is 4.79 Å². The number of carbonyl (C=O) groups is 1. The highest BCUT2D eigenvalue weighted by Gasteiger charge is 2.21. The van der Waals surface area contributed by atoms with Gasteiger partial charge in [0.05, 0.1) is 6.04 Å². The quantitative estimate of drug-likeness (QED) is 0.529. The van der Waals surface area contributed by atoms with Crippen molar-refractivity contribution in [3.8, 4) is 12.3 Å². The van der Waals surface area contributed by atoms with Crippen molar-refractivity contribution in [1.82, 2.24) is 4.90 Å². The number of rotatable bonds is 7. The van der Waals surface area contributed by atoms with Crippen LogP contribution in [0.15, 0.2) is 0 Å². The molecule has 0 heterocycles. The molecule has 16 heavy (non-hydrogen) atoms. The van der Waals surface area contributed by atoms with E-state index >= 15 is 0 Å². The molecular formula is C13H24N2O. The lowest BCUT2D eigenvalue weighted by Crippen LogP contribution is -2.47. The van der Waals surface area contributed by atoms with Crippen molar-refractivity contribution in [1.29, 1.82) is 0 Å². The zero-order chi connectivity index (χ0) is 12.6. The van der Waals surface area contributed by atoms with Crippen molar-refractivity contribution in [3.63, 3.8) is 0 Å². The fourth-order valence-electron chi connectivity index (χ4n) is 1.58. The average molecular weight is 224 g/mol. The molecule has 3 nitrogen and oxygen atoms in total. The second-order valence-corrected chi connectivity index (χ2v) is 4.35. The number of terminal acetylenes is 1. The molecule has 0 fully saturated rings. The minimum atomic E-state index is -0.547. The van der Waals surface area contributed by atoms with Gasteiger partial charge in [-0.05, 0) is 20.3 Å². The molecule has 0 aliphatic heterocycles. The summed E-state index contributed by atoms with van der Waals surface area (Å²) in [5.74, 6) is 2.41. The highest BCUT2D eigenvalue weighted by molar-refractivity contribution is 5.82. The lowest BCUT2D eigenvalue weighted by molar-refractivity contribution is -0.134. The SMILES string of the molecule is C#CCC(N)C(=O)N(CCCCC)C(C)C. The molecule has 0 saturated carbocycles. The van der Waals surface area contributed by atoms with Gasteiger partial charge in [0, 0.05) is 19.0 Å². The van der Waals surface area contributed by atoms with Gasteiger partial charge in [0.1, 0.15) is 0 Å². The number of nitrogens with zero attached hydrogens (tertiary/aromatic N) is 1. The fourth-order valence-corrected chi connectivity index (χ4v) is 1.58. The van der Waals surface area contributed by atoms with Crippen LogP contribution >= 0.6 is 0 Å². The van der Waals surface area contributed by atoms with Gasteiger partial charge < -0.3 is 10.6 Å². The van der Waals surface area contributed by atoms with Crippen molar-refractivity contribution in [2.24, 2.45) is 5.73 Å². The molecule has 2 N–H and O–H groups in total. The van der Waals surface area contributed by atoms with E-state index in [1.165, 1.54) is 0 Å². The maximum absolute atomic E-state index is 12.0. The normalized spacial score (nSPS) is 12.2. The van der Waals surface area contributed by atoms with E-state index in [2.05, 4.69) is 12.8 Å². The molecule has 0 aliphatic rings. The Balaban J connectivity index is 4.30. The lowest BCUT2D eigenvalue weighted by atomic mass is 10.1. The van der Waals surface area contributed by atoms with Gasteiger partial charge in [-0.3, -0.25) is 4.79 Å². The summed E-state index contributed by atoms with van der Waals surface area (Å²) in [6.45, 7) is 6.94. The smallest absolute Gasteiger partial charge is 0.240 e. The van der Waals surface area contributed by atoms with E-state index in [-0.39, 0.29) is 11.9 Å². The Morgan fingerprint density at radius 1 is 1.44 bits per heavy atom. The van der Waals surface area contributed by atoms with E-state index in [1.807, 2.05) is 18.7 Å². The molecule has 0 bridgehead atoms. The molecule has 0 saturated heterocycles. The zero-order valence-corrected chi connectivity index (χ0v) is 10.7. The van der Waals surface area contributed by atoms with E-state index in [0.717, 1.165) is 25.8 Å². The Morgan fingerprint density at radius 2 is 2.06 bits per heavy atom. The molecule has 0 rings (SSSR count). The molecule has 1 amide bonds. The van der Waals surface area contributed by atoms with Gasteiger partial charge in [0.25, 0.3) is 0 Å². The van der Waals surface area contributed by atoms with E-state index in [4.69, 9.17) is 12.2 Å². The Bertz CT molecular complexity index is 243. The van der Waals surface area contributed by atoms with Crippen LogP contribution in [0.25, 0.3) is 0 Å². The van der Waals surface area contributed by atoms with Crippen LogP contribution in [0.3, 0.4) is 0 Å². The fraction of sp³-hybridized carbons (Fsp3) is 0.769. The predicted molar refractivity (Wildman–Crippen MR) is 67.8 cm³/mol. The Morgan fingerprint density at radius 3 is 2.50 bits per heavy atom. The maximum Gasteiger partial charge on any atom is 0.240 e. The van der Waals surface area contributed by atoms with Gasteiger partial charge in [-0.25, -0.2) is 0 Å². The van der Waals surface area contributed by atoms with Crippen molar-refractivity contribution in [2.45, 2.75) is 58.5 Å². The van der Waals surface area contributed by atoms with Crippen LogP contribution in [0.5, 0.6) is 0 Å². The van der Waals surface area contributed by atoms with Gasteiger partial charge in [0.15, 0.2) is 0 Å². The standard InChI is InChI=1S/C13H24N2O/c1-5-7-8-10-15(11(3)4)13(16)12(14)9-6-2/h2,11-12H,5,7-10,14H2,1,3-4H3. The molecule has 0 spiro atoms. The predicted octanol–water partition coefficient (Wildman–Crippen LogP) is 1.76. The molecular weight excluding hydrogens is 200 g/mol. The summed E-state index contributed by atoms with van der Waals surface area (Å²) in [5.41, 5.74) is 5.74. The van der Waals surface area contributed by atoms with Crippen molar-refractivity contribution in [3.05, 3.63) is 0 Å². The van der Waals surface area contributed by atoms with Crippen molar-refractivity contribution in [2.75, 3.05) is 6.54 Å². The molecule has 0 aromatic heterocycles. The second-order valence-electron chi connectivity index (χ2n) is 4.35. The molecule has 92 valence electrons. The molecule has 0 aromatic rings. The first-order valence-corrected chi connectivity index (χ1v) is 6.04. The molecule has 0 radical (unpaired) electrons. The van der Waals surface area contributed by atoms with Crippen molar-refractivity contribution >= 4 is 5.91 Å². The average Bonchev–Trinajstić information content (AvgIpc) is 2.23. The van der Waals surface area contributed by atoms with Crippen LogP contribution in [-0.2, 0) is 4.79 Å². The van der Waals surface area contributed by atoms with Crippen LogP contribution in [-0.4, -0.2) is 29.4 Å². The molecule has 0 aliphatic carbocycles. The second kappa shape index (κ2) is 8.18. The Hall–Kier alpha value is -1.01. The first-order chi connectivity index (χ1) is 7.54. The van der Waals surface area contributed by atoms with Gasteiger partial charge in [-0.2, -0.15) is 0 Å². The number of unbranched alkanes of at least 4 members (excludes halogenated alkanes) is 2. The minimum Gasteiger partial charge on any atom is -0.339 e. The summed E-state index contributed by atoms with van der Waals surface area (Å²) in [5, 5.41) is 0.